The molecular formula is C18H19N5O5. The van der Waals surface area contributed by atoms with E-state index in [4.69, 9.17) is 4.74 Å². The van der Waals surface area contributed by atoms with Gasteiger partial charge in [-0.05, 0) is 0 Å². The predicted octanol–water partition coefficient (Wildman–Crippen LogP) is -0.516. The highest BCUT2D eigenvalue weighted by Gasteiger charge is 2.35. The van der Waals surface area contributed by atoms with Crippen molar-refractivity contribution in [1.82, 2.24) is 24.5 Å². The van der Waals surface area contributed by atoms with E-state index in [0.29, 0.717) is 5.69 Å². The van der Waals surface area contributed by atoms with E-state index in [1.54, 1.807) is 6.20 Å². The molecule has 0 bridgehead atoms. The molecule has 1 aromatic carbocycles. The second-order valence-corrected chi connectivity index (χ2v) is 6.60. The van der Waals surface area contributed by atoms with E-state index >= 15 is 0 Å². The van der Waals surface area contributed by atoms with Crippen LogP contribution in [0.5, 0.6) is 0 Å². The maximum Gasteiger partial charge on any atom is 0.330 e. The lowest BCUT2D eigenvalue weighted by atomic mass is 10.2. The molecule has 28 heavy (non-hydrogen) atoms. The SMILES string of the molecule is O=c1[nH]c(=O)n([C@H]2C[C@H](O)[C@@H](CO)O2)cc1Cn1cc(-c2ccccc2)nn1. The predicted molar refractivity (Wildman–Crippen MR) is 97.5 cm³/mol. The van der Waals surface area contributed by atoms with Crippen molar-refractivity contribution in [2.45, 2.75) is 31.4 Å². The number of aliphatic hydroxyl groups is 2. The third-order valence-corrected chi connectivity index (χ3v) is 4.68. The van der Waals surface area contributed by atoms with E-state index in [0.717, 1.165) is 5.56 Å². The Hall–Kier alpha value is -3.08. The van der Waals surface area contributed by atoms with E-state index in [1.165, 1.54) is 15.4 Å². The Labute approximate surface area is 158 Å². The summed E-state index contributed by atoms with van der Waals surface area (Å²) < 4.78 is 8.22. The second-order valence-electron chi connectivity index (χ2n) is 6.60. The summed E-state index contributed by atoms with van der Waals surface area (Å²) in [6.07, 6.45) is 0.810. The molecular weight excluding hydrogens is 366 g/mol. The van der Waals surface area contributed by atoms with Crippen LogP contribution in [-0.2, 0) is 11.3 Å². The Morgan fingerprint density at radius 3 is 2.71 bits per heavy atom. The summed E-state index contributed by atoms with van der Waals surface area (Å²) in [4.78, 5) is 26.6. The number of H-pyrrole nitrogens is 1. The zero-order valence-electron chi connectivity index (χ0n) is 14.8. The first-order valence-electron chi connectivity index (χ1n) is 8.79. The van der Waals surface area contributed by atoms with Gasteiger partial charge in [-0.25, -0.2) is 9.48 Å². The molecule has 0 saturated carbocycles. The highest BCUT2D eigenvalue weighted by molar-refractivity contribution is 5.57. The van der Waals surface area contributed by atoms with Crippen LogP contribution in [-0.4, -0.2) is 53.6 Å². The topological polar surface area (TPSA) is 135 Å². The maximum absolute atomic E-state index is 12.2. The van der Waals surface area contributed by atoms with Gasteiger partial charge in [0.1, 0.15) is 18.0 Å². The lowest BCUT2D eigenvalue weighted by Gasteiger charge is -2.15. The van der Waals surface area contributed by atoms with Gasteiger partial charge < -0.3 is 14.9 Å². The van der Waals surface area contributed by atoms with Gasteiger partial charge in [-0.15, -0.1) is 5.10 Å². The fraction of sp³-hybridized carbons (Fsp3) is 0.333. The number of rotatable bonds is 5. The zero-order valence-corrected chi connectivity index (χ0v) is 14.8. The average molecular weight is 385 g/mol. The van der Waals surface area contributed by atoms with Crippen molar-refractivity contribution in [3.8, 4) is 11.3 Å². The van der Waals surface area contributed by atoms with Crippen LogP contribution in [0.2, 0.25) is 0 Å². The molecule has 1 fully saturated rings. The van der Waals surface area contributed by atoms with Gasteiger partial charge in [-0.3, -0.25) is 14.3 Å². The normalized spacial score (nSPS) is 21.9. The van der Waals surface area contributed by atoms with Gasteiger partial charge in [0.25, 0.3) is 5.56 Å². The van der Waals surface area contributed by atoms with Crippen molar-refractivity contribution in [2.24, 2.45) is 0 Å². The van der Waals surface area contributed by atoms with Crippen molar-refractivity contribution < 1.29 is 14.9 Å². The minimum atomic E-state index is -0.888. The van der Waals surface area contributed by atoms with Crippen LogP contribution in [0.1, 0.15) is 18.2 Å². The molecule has 0 unspecified atom stereocenters. The Kier molecular flexibility index (Phi) is 4.90. The molecule has 1 saturated heterocycles. The first kappa shape index (κ1) is 18.3. The Morgan fingerprint density at radius 1 is 1.21 bits per heavy atom. The molecule has 0 aliphatic carbocycles. The van der Waals surface area contributed by atoms with E-state index in [-0.39, 0.29) is 25.1 Å². The van der Waals surface area contributed by atoms with E-state index in [1.807, 2.05) is 30.3 Å². The van der Waals surface area contributed by atoms with E-state index in [2.05, 4.69) is 15.3 Å². The molecule has 3 atom stereocenters. The number of aromatic amines is 1. The third kappa shape index (κ3) is 3.52. The third-order valence-electron chi connectivity index (χ3n) is 4.68. The molecule has 3 heterocycles. The van der Waals surface area contributed by atoms with Crippen molar-refractivity contribution >= 4 is 0 Å². The number of nitrogens with zero attached hydrogens (tertiary/aromatic N) is 4. The van der Waals surface area contributed by atoms with Gasteiger partial charge in [0.15, 0.2) is 0 Å². The van der Waals surface area contributed by atoms with Crippen molar-refractivity contribution in [1.29, 1.82) is 0 Å². The van der Waals surface area contributed by atoms with Crippen LogP contribution in [0.3, 0.4) is 0 Å². The molecule has 0 amide bonds. The first-order chi connectivity index (χ1) is 13.5. The van der Waals surface area contributed by atoms with Gasteiger partial charge in [-0.1, -0.05) is 35.5 Å². The minimum absolute atomic E-state index is 0.105. The van der Waals surface area contributed by atoms with Crippen molar-refractivity contribution in [3.63, 3.8) is 0 Å². The summed E-state index contributed by atoms with van der Waals surface area (Å²) in [5, 5.41) is 27.2. The van der Waals surface area contributed by atoms with Gasteiger partial charge in [0.2, 0.25) is 0 Å². The molecule has 2 aromatic heterocycles. The number of aromatic nitrogens is 5. The smallest absolute Gasteiger partial charge is 0.330 e. The summed E-state index contributed by atoms with van der Waals surface area (Å²) in [7, 11) is 0. The number of aliphatic hydroxyl groups excluding tert-OH is 2. The van der Waals surface area contributed by atoms with Crippen LogP contribution in [0, 0.1) is 0 Å². The molecule has 10 heteroatoms. The summed E-state index contributed by atoms with van der Waals surface area (Å²) in [6.45, 7) is -0.252. The Balaban J connectivity index is 1.60. The highest BCUT2D eigenvalue weighted by atomic mass is 16.5. The lowest BCUT2D eigenvalue weighted by Crippen LogP contribution is -2.34. The minimum Gasteiger partial charge on any atom is -0.394 e. The molecule has 4 rings (SSSR count). The quantitative estimate of drug-likeness (QED) is 0.538. The van der Waals surface area contributed by atoms with Crippen LogP contribution >= 0.6 is 0 Å². The van der Waals surface area contributed by atoms with Gasteiger partial charge in [0.05, 0.1) is 31.0 Å². The van der Waals surface area contributed by atoms with Crippen molar-refractivity contribution in [3.05, 3.63) is 69.1 Å². The number of hydrogen-bond acceptors (Lipinski definition) is 7. The summed E-state index contributed by atoms with van der Waals surface area (Å²) in [5.74, 6) is 0. The summed E-state index contributed by atoms with van der Waals surface area (Å²) in [6, 6.07) is 9.50. The molecule has 146 valence electrons. The van der Waals surface area contributed by atoms with Crippen LogP contribution in [0.15, 0.2) is 52.3 Å². The summed E-state index contributed by atoms with van der Waals surface area (Å²) in [5.41, 5.74) is 0.674. The molecule has 1 aliphatic rings. The van der Waals surface area contributed by atoms with E-state index in [9.17, 15) is 19.8 Å². The van der Waals surface area contributed by atoms with Crippen molar-refractivity contribution in [2.75, 3.05) is 6.61 Å². The van der Waals surface area contributed by atoms with Gasteiger partial charge in [-0.2, -0.15) is 0 Å². The van der Waals surface area contributed by atoms with E-state index < -0.39 is 29.7 Å². The first-order valence-corrected chi connectivity index (χ1v) is 8.79. The fourth-order valence-corrected chi connectivity index (χ4v) is 3.20. The molecule has 3 N–H and O–H groups in total. The van der Waals surface area contributed by atoms with Crippen LogP contribution in [0.25, 0.3) is 11.3 Å². The van der Waals surface area contributed by atoms with Crippen LogP contribution < -0.4 is 11.2 Å². The molecule has 3 aromatic rings. The average Bonchev–Trinajstić information content (AvgIpc) is 3.31. The molecule has 1 aliphatic heterocycles. The molecule has 0 radical (unpaired) electrons. The number of benzene rings is 1. The summed E-state index contributed by atoms with van der Waals surface area (Å²) >= 11 is 0. The standard InChI is InChI=1S/C18H19N5O5/c24-10-15-14(25)6-16(28-15)23-8-12(17(26)19-18(23)27)7-22-9-13(20-21-22)11-4-2-1-3-5-11/h1-5,8-9,14-16,24-25H,6-7,10H2,(H,19,26,27)/t14-,15+,16+/m0/s1. The Bertz CT molecular complexity index is 1070. The highest BCUT2D eigenvalue weighted by Crippen LogP contribution is 2.27. The largest absolute Gasteiger partial charge is 0.394 e. The fourth-order valence-electron chi connectivity index (χ4n) is 3.20. The maximum atomic E-state index is 12.2. The molecule has 0 spiro atoms. The monoisotopic (exact) mass is 385 g/mol. The molecule has 10 nitrogen and oxygen atoms in total. The number of nitrogens with one attached hydrogen (secondary N) is 1. The zero-order chi connectivity index (χ0) is 19.7. The van der Waals surface area contributed by atoms with Gasteiger partial charge >= 0.3 is 5.69 Å². The second kappa shape index (κ2) is 7.50. The number of ether oxygens (including phenoxy) is 1. The van der Waals surface area contributed by atoms with Gasteiger partial charge in [0, 0.05) is 18.2 Å². The Morgan fingerprint density at radius 2 is 2.00 bits per heavy atom. The number of hydrogen-bond donors (Lipinski definition) is 3. The lowest BCUT2D eigenvalue weighted by molar-refractivity contribution is -0.0460. The van der Waals surface area contributed by atoms with Crippen LogP contribution in [0.4, 0.5) is 0 Å².